The fourth-order valence-electron chi connectivity index (χ4n) is 1.61. The summed E-state index contributed by atoms with van der Waals surface area (Å²) in [6.07, 6.45) is 1.88. The lowest BCUT2D eigenvalue weighted by Gasteiger charge is -2.26. The van der Waals surface area contributed by atoms with E-state index in [0.717, 1.165) is 0 Å². The lowest BCUT2D eigenvalue weighted by atomic mass is 9.97. The van der Waals surface area contributed by atoms with Crippen LogP contribution in [0.2, 0.25) is 0 Å². The quantitative estimate of drug-likeness (QED) is 0.639. The molecule has 0 bridgehead atoms. The smallest absolute Gasteiger partial charge is 0.331 e. The van der Waals surface area contributed by atoms with E-state index in [2.05, 4.69) is 11.9 Å². The number of rotatable bonds is 5. The molecule has 1 N–H and O–H groups in total. The summed E-state index contributed by atoms with van der Waals surface area (Å²) in [6.45, 7) is 5.20. The highest BCUT2D eigenvalue weighted by atomic mass is 16.5. The Labute approximate surface area is 107 Å². The third-order valence-electron chi connectivity index (χ3n) is 2.61. The Morgan fingerprint density at radius 2 is 2.00 bits per heavy atom. The first-order chi connectivity index (χ1) is 8.53. The van der Waals surface area contributed by atoms with Gasteiger partial charge in [-0.25, -0.2) is 4.79 Å². The van der Waals surface area contributed by atoms with E-state index in [1.54, 1.807) is 37.3 Å². The molecule has 4 heteroatoms. The first-order valence-corrected chi connectivity index (χ1v) is 5.60. The molecule has 0 spiro atoms. The summed E-state index contributed by atoms with van der Waals surface area (Å²) in [7, 11) is 1.29. The molecule has 0 radical (unpaired) electrons. The Morgan fingerprint density at radius 1 is 1.39 bits per heavy atom. The number of hydrogen-bond donors (Lipinski definition) is 1. The highest BCUT2D eigenvalue weighted by Crippen LogP contribution is 2.14. The maximum atomic E-state index is 12.0. The van der Waals surface area contributed by atoms with Gasteiger partial charge in [-0.15, -0.1) is 6.58 Å². The number of benzene rings is 1. The summed E-state index contributed by atoms with van der Waals surface area (Å²) in [6, 6.07) is 8.71. The van der Waals surface area contributed by atoms with Crippen LogP contribution in [-0.4, -0.2) is 24.5 Å². The van der Waals surface area contributed by atoms with Crippen LogP contribution in [0.25, 0.3) is 0 Å². The maximum Gasteiger partial charge on any atom is 0.331 e. The van der Waals surface area contributed by atoms with Gasteiger partial charge < -0.3 is 10.1 Å². The molecule has 1 rings (SSSR count). The summed E-state index contributed by atoms with van der Waals surface area (Å²) in [5.41, 5.74) is -0.597. The first kappa shape index (κ1) is 14.0. The van der Waals surface area contributed by atoms with E-state index in [-0.39, 0.29) is 5.91 Å². The van der Waals surface area contributed by atoms with Gasteiger partial charge in [-0.1, -0.05) is 24.3 Å². The van der Waals surface area contributed by atoms with E-state index in [0.29, 0.717) is 12.0 Å². The van der Waals surface area contributed by atoms with Crippen LogP contribution in [0.5, 0.6) is 0 Å². The second kappa shape index (κ2) is 6.00. The molecule has 1 atom stereocenters. The van der Waals surface area contributed by atoms with Gasteiger partial charge in [-0.2, -0.15) is 0 Å². The van der Waals surface area contributed by atoms with Crippen molar-refractivity contribution in [1.82, 2.24) is 5.32 Å². The van der Waals surface area contributed by atoms with Crippen molar-refractivity contribution in [2.24, 2.45) is 0 Å². The number of amides is 1. The summed E-state index contributed by atoms with van der Waals surface area (Å²) >= 11 is 0. The zero-order chi connectivity index (χ0) is 13.6. The van der Waals surface area contributed by atoms with Crippen LogP contribution in [0.3, 0.4) is 0 Å². The normalized spacial score (nSPS) is 13.2. The van der Waals surface area contributed by atoms with E-state index < -0.39 is 11.5 Å². The molecule has 1 aromatic carbocycles. The van der Waals surface area contributed by atoms with Gasteiger partial charge in [0.2, 0.25) is 0 Å². The highest BCUT2D eigenvalue weighted by molar-refractivity contribution is 5.98. The Hall–Kier alpha value is -2.10. The molecule has 18 heavy (non-hydrogen) atoms. The van der Waals surface area contributed by atoms with Gasteiger partial charge in [-0.05, 0) is 25.5 Å². The fourth-order valence-corrected chi connectivity index (χ4v) is 1.61. The average Bonchev–Trinajstić information content (AvgIpc) is 2.39. The lowest BCUT2D eigenvalue weighted by molar-refractivity contribution is -0.147. The zero-order valence-corrected chi connectivity index (χ0v) is 10.6. The molecule has 1 unspecified atom stereocenters. The minimum Gasteiger partial charge on any atom is -0.467 e. The molecular formula is C14H17NO3. The summed E-state index contributed by atoms with van der Waals surface area (Å²) in [5, 5.41) is 2.68. The molecule has 0 fully saturated rings. The number of methoxy groups -OCH3 is 1. The monoisotopic (exact) mass is 247 g/mol. The van der Waals surface area contributed by atoms with E-state index in [4.69, 9.17) is 4.74 Å². The highest BCUT2D eigenvalue weighted by Gasteiger charge is 2.34. The molecule has 0 aromatic heterocycles. The number of esters is 1. The topological polar surface area (TPSA) is 55.4 Å². The second-order valence-electron chi connectivity index (χ2n) is 4.14. The number of carbonyl (C=O) groups is 2. The number of ether oxygens (including phenoxy) is 1. The summed E-state index contributed by atoms with van der Waals surface area (Å²) in [5.74, 6) is -0.808. The first-order valence-electron chi connectivity index (χ1n) is 5.60. The molecule has 1 amide bonds. The van der Waals surface area contributed by atoms with E-state index in [1.165, 1.54) is 7.11 Å². The Morgan fingerprint density at radius 3 is 2.50 bits per heavy atom. The van der Waals surface area contributed by atoms with Crippen molar-refractivity contribution >= 4 is 11.9 Å². The fraction of sp³-hybridized carbons (Fsp3) is 0.286. The van der Waals surface area contributed by atoms with Crippen LogP contribution in [0, 0.1) is 0 Å². The molecule has 96 valence electrons. The minimum atomic E-state index is -1.09. The maximum absolute atomic E-state index is 12.0. The van der Waals surface area contributed by atoms with Crippen molar-refractivity contribution in [2.45, 2.75) is 18.9 Å². The van der Waals surface area contributed by atoms with Crippen LogP contribution in [0.15, 0.2) is 43.0 Å². The predicted octanol–water partition coefficient (Wildman–Crippen LogP) is 1.92. The Kier molecular flexibility index (Phi) is 4.66. The van der Waals surface area contributed by atoms with Gasteiger partial charge in [0.25, 0.3) is 5.91 Å². The lowest BCUT2D eigenvalue weighted by Crippen LogP contribution is -2.52. The zero-order valence-electron chi connectivity index (χ0n) is 10.6. The van der Waals surface area contributed by atoms with Gasteiger partial charge in [0.1, 0.15) is 5.54 Å². The van der Waals surface area contributed by atoms with Crippen LogP contribution in [-0.2, 0) is 9.53 Å². The molecule has 0 heterocycles. The predicted molar refractivity (Wildman–Crippen MR) is 69.1 cm³/mol. The standard InChI is InChI=1S/C14H17NO3/c1-4-10-14(2,13(17)18-3)15-12(16)11-8-6-5-7-9-11/h4-9H,1,10H2,2-3H3,(H,15,16). The van der Waals surface area contributed by atoms with Crippen molar-refractivity contribution in [3.8, 4) is 0 Å². The van der Waals surface area contributed by atoms with Crippen molar-refractivity contribution in [2.75, 3.05) is 7.11 Å². The summed E-state index contributed by atoms with van der Waals surface area (Å²) in [4.78, 5) is 23.7. The van der Waals surface area contributed by atoms with Crippen molar-refractivity contribution < 1.29 is 14.3 Å². The van der Waals surface area contributed by atoms with Gasteiger partial charge >= 0.3 is 5.97 Å². The molecule has 0 aliphatic carbocycles. The number of hydrogen-bond acceptors (Lipinski definition) is 3. The van der Waals surface area contributed by atoms with Crippen molar-refractivity contribution in [3.05, 3.63) is 48.6 Å². The van der Waals surface area contributed by atoms with Gasteiger partial charge in [0.05, 0.1) is 7.11 Å². The van der Waals surface area contributed by atoms with Gasteiger partial charge in [0.15, 0.2) is 0 Å². The molecule has 0 saturated heterocycles. The van der Waals surface area contributed by atoms with Gasteiger partial charge in [0, 0.05) is 5.56 Å². The number of nitrogens with one attached hydrogen (secondary N) is 1. The van der Waals surface area contributed by atoms with Crippen molar-refractivity contribution in [3.63, 3.8) is 0 Å². The molecule has 4 nitrogen and oxygen atoms in total. The van der Waals surface area contributed by atoms with E-state index in [9.17, 15) is 9.59 Å². The molecule has 0 aliphatic rings. The summed E-state index contributed by atoms with van der Waals surface area (Å²) < 4.78 is 4.70. The Balaban J connectivity index is 2.88. The van der Waals surface area contributed by atoms with E-state index >= 15 is 0 Å². The van der Waals surface area contributed by atoms with Crippen LogP contribution < -0.4 is 5.32 Å². The minimum absolute atomic E-state index is 0.304. The second-order valence-corrected chi connectivity index (χ2v) is 4.14. The third-order valence-corrected chi connectivity index (χ3v) is 2.61. The van der Waals surface area contributed by atoms with Crippen molar-refractivity contribution in [1.29, 1.82) is 0 Å². The molecule has 0 saturated carbocycles. The largest absolute Gasteiger partial charge is 0.467 e. The van der Waals surface area contributed by atoms with E-state index in [1.807, 2.05) is 6.07 Å². The molecule has 0 aliphatic heterocycles. The SMILES string of the molecule is C=CCC(C)(NC(=O)c1ccccc1)C(=O)OC. The molecular weight excluding hydrogens is 230 g/mol. The molecule has 1 aromatic rings. The Bertz CT molecular complexity index is 442. The van der Waals surface area contributed by atoms with Crippen LogP contribution >= 0.6 is 0 Å². The number of carbonyl (C=O) groups excluding carboxylic acids is 2. The van der Waals surface area contributed by atoms with Gasteiger partial charge in [-0.3, -0.25) is 4.79 Å². The van der Waals surface area contributed by atoms with Crippen LogP contribution in [0.4, 0.5) is 0 Å². The average molecular weight is 247 g/mol. The van der Waals surface area contributed by atoms with Crippen LogP contribution in [0.1, 0.15) is 23.7 Å². The third kappa shape index (κ3) is 3.20.